The lowest BCUT2D eigenvalue weighted by molar-refractivity contribution is 0.0626. The van der Waals surface area contributed by atoms with Crippen LogP contribution in [-0.2, 0) is 4.74 Å². The summed E-state index contributed by atoms with van der Waals surface area (Å²) in [5.74, 6) is -0.152. The highest BCUT2D eigenvalue weighted by molar-refractivity contribution is 5.96. The van der Waals surface area contributed by atoms with E-state index in [0.29, 0.717) is 18.8 Å². The number of carboxylic acids is 1. The number of ether oxygens (including phenoxy) is 2. The summed E-state index contributed by atoms with van der Waals surface area (Å²) >= 11 is 0. The van der Waals surface area contributed by atoms with Gasteiger partial charge in [-0.15, -0.1) is 0 Å². The number of carboxylic acid groups (broad SMARTS) is 1. The molecule has 3 aromatic rings. The smallest absolute Gasteiger partial charge is 0.336 e. The van der Waals surface area contributed by atoms with Crippen LogP contribution in [0, 0.1) is 0 Å². The third kappa shape index (κ3) is 9.54. The van der Waals surface area contributed by atoms with Crippen molar-refractivity contribution < 1.29 is 19.4 Å². The first-order chi connectivity index (χ1) is 19.0. The number of hydrogen-bond donors (Lipinski definition) is 1. The predicted molar refractivity (Wildman–Crippen MR) is 162 cm³/mol. The molecule has 4 nitrogen and oxygen atoms in total. The van der Waals surface area contributed by atoms with E-state index >= 15 is 0 Å². The number of carbonyl (C=O) groups is 1. The first-order valence-corrected chi connectivity index (χ1v) is 14.9. The summed E-state index contributed by atoms with van der Waals surface area (Å²) in [5.41, 5.74) is 4.88. The van der Waals surface area contributed by atoms with Gasteiger partial charge in [0, 0.05) is 12.2 Å². The quantitative estimate of drug-likeness (QED) is 0.166. The highest BCUT2D eigenvalue weighted by atomic mass is 16.5. The van der Waals surface area contributed by atoms with Crippen molar-refractivity contribution in [3.05, 3.63) is 77.9 Å². The predicted octanol–water partition coefficient (Wildman–Crippen LogP) is 10.1. The molecule has 0 aromatic heterocycles. The summed E-state index contributed by atoms with van der Waals surface area (Å²) in [6.45, 7) is 7.82. The van der Waals surface area contributed by atoms with Crippen molar-refractivity contribution in [1.82, 2.24) is 0 Å². The van der Waals surface area contributed by atoms with E-state index in [1.807, 2.05) is 55.5 Å². The maximum absolute atomic E-state index is 12.2. The number of hydrogen-bond acceptors (Lipinski definition) is 3. The molecule has 0 saturated carbocycles. The second kappa shape index (κ2) is 16.8. The molecule has 4 heteroatoms. The Bertz CT molecular complexity index is 1140. The Morgan fingerprint density at radius 1 is 0.718 bits per heavy atom. The third-order valence-corrected chi connectivity index (χ3v) is 7.24. The van der Waals surface area contributed by atoms with Gasteiger partial charge < -0.3 is 14.6 Å². The summed E-state index contributed by atoms with van der Waals surface area (Å²) in [5, 5.41) is 9.98. The van der Waals surface area contributed by atoms with Gasteiger partial charge in [0.05, 0.1) is 18.3 Å². The number of benzene rings is 3. The second-order valence-electron chi connectivity index (χ2n) is 10.4. The van der Waals surface area contributed by atoms with Crippen molar-refractivity contribution in [3.8, 4) is 28.0 Å². The Balaban J connectivity index is 1.86. The van der Waals surface area contributed by atoms with Crippen LogP contribution in [0.2, 0.25) is 0 Å². The molecule has 0 aliphatic rings. The van der Waals surface area contributed by atoms with Crippen molar-refractivity contribution in [1.29, 1.82) is 0 Å². The van der Waals surface area contributed by atoms with Crippen LogP contribution in [-0.4, -0.2) is 24.3 Å². The Hall–Kier alpha value is -3.11. The molecule has 0 bridgehead atoms. The lowest BCUT2D eigenvalue weighted by atomic mass is 9.93. The molecule has 3 rings (SSSR count). The van der Waals surface area contributed by atoms with Crippen LogP contribution in [0.5, 0.6) is 5.75 Å². The van der Waals surface area contributed by atoms with E-state index in [-0.39, 0.29) is 11.7 Å². The van der Waals surface area contributed by atoms with Crippen molar-refractivity contribution >= 4 is 5.97 Å². The summed E-state index contributed by atoms with van der Waals surface area (Å²) in [7, 11) is 0. The zero-order chi connectivity index (χ0) is 27.9. The van der Waals surface area contributed by atoms with Crippen LogP contribution in [0.4, 0.5) is 0 Å². The fraction of sp³-hybridized carbons (Fsp3) is 0.457. The molecular formula is C35H46O4. The first-order valence-electron chi connectivity index (χ1n) is 14.9. The van der Waals surface area contributed by atoms with E-state index in [2.05, 4.69) is 26.0 Å². The molecule has 0 heterocycles. The van der Waals surface area contributed by atoms with Crippen molar-refractivity contribution in [2.45, 2.75) is 91.1 Å². The van der Waals surface area contributed by atoms with Gasteiger partial charge >= 0.3 is 5.97 Å². The van der Waals surface area contributed by atoms with Gasteiger partial charge in [0.2, 0.25) is 0 Å². The minimum atomic E-state index is -0.939. The molecule has 0 amide bonds. The highest BCUT2D eigenvalue weighted by Crippen LogP contribution is 2.37. The van der Waals surface area contributed by atoms with Gasteiger partial charge in [-0.25, -0.2) is 4.79 Å². The average Bonchev–Trinajstić information content (AvgIpc) is 2.96. The van der Waals surface area contributed by atoms with E-state index in [4.69, 9.17) is 9.47 Å². The monoisotopic (exact) mass is 530 g/mol. The van der Waals surface area contributed by atoms with Crippen LogP contribution in [0.1, 0.15) is 107 Å². The van der Waals surface area contributed by atoms with Crippen LogP contribution in [0.25, 0.3) is 22.3 Å². The minimum absolute atomic E-state index is 0.111. The number of aromatic carboxylic acids is 1. The van der Waals surface area contributed by atoms with Crippen molar-refractivity contribution in [2.24, 2.45) is 0 Å². The molecule has 210 valence electrons. The molecule has 0 saturated heterocycles. The topological polar surface area (TPSA) is 55.8 Å². The van der Waals surface area contributed by atoms with Crippen molar-refractivity contribution in [3.63, 3.8) is 0 Å². The summed E-state index contributed by atoms with van der Waals surface area (Å²) in [6, 6.07) is 21.8. The third-order valence-electron chi connectivity index (χ3n) is 7.24. The van der Waals surface area contributed by atoms with E-state index < -0.39 is 5.97 Å². The minimum Gasteiger partial charge on any atom is -0.493 e. The van der Waals surface area contributed by atoms with Gasteiger partial charge in [0.15, 0.2) is 0 Å². The molecule has 1 unspecified atom stereocenters. The maximum Gasteiger partial charge on any atom is 0.336 e. The van der Waals surface area contributed by atoms with Crippen molar-refractivity contribution in [2.75, 3.05) is 13.2 Å². The average molecular weight is 531 g/mol. The molecule has 3 aromatic carbocycles. The van der Waals surface area contributed by atoms with Gasteiger partial charge in [-0.05, 0) is 60.2 Å². The van der Waals surface area contributed by atoms with Gasteiger partial charge in [0.1, 0.15) is 5.75 Å². The Morgan fingerprint density at radius 3 is 2.10 bits per heavy atom. The Morgan fingerprint density at radius 2 is 1.38 bits per heavy atom. The van der Waals surface area contributed by atoms with Crippen LogP contribution in [0.15, 0.2) is 66.7 Å². The summed E-state index contributed by atoms with van der Waals surface area (Å²) in [4.78, 5) is 12.2. The van der Waals surface area contributed by atoms with E-state index in [1.54, 1.807) is 6.07 Å². The highest BCUT2D eigenvalue weighted by Gasteiger charge is 2.17. The number of unbranched alkanes of at least 4 members (excludes halogenated alkanes) is 8. The Kier molecular flexibility index (Phi) is 13.1. The van der Waals surface area contributed by atoms with Gasteiger partial charge in [-0.1, -0.05) is 114 Å². The summed E-state index contributed by atoms with van der Waals surface area (Å²) < 4.78 is 12.4. The zero-order valence-corrected chi connectivity index (χ0v) is 24.1. The maximum atomic E-state index is 12.2. The van der Waals surface area contributed by atoms with E-state index in [0.717, 1.165) is 47.3 Å². The second-order valence-corrected chi connectivity index (χ2v) is 10.4. The largest absolute Gasteiger partial charge is 0.493 e. The van der Waals surface area contributed by atoms with Gasteiger partial charge in [-0.2, -0.15) is 0 Å². The van der Waals surface area contributed by atoms with E-state index in [9.17, 15) is 9.90 Å². The SMILES string of the molecule is CCCCCCCCOc1cc(-c2cc(C(C)OCCCCCC)ccc2C(=O)O)ccc1-c1ccccc1. The lowest BCUT2D eigenvalue weighted by Gasteiger charge is -2.18. The Labute approximate surface area is 235 Å². The molecule has 0 aliphatic heterocycles. The lowest BCUT2D eigenvalue weighted by Crippen LogP contribution is -2.05. The standard InChI is InChI=1S/C35H46O4/c1-4-6-8-10-11-16-24-39-34-26-30(20-21-31(34)28-17-13-12-14-18-28)33-25-29(19-22-32(33)35(36)37)27(3)38-23-15-9-7-5-2/h12-14,17-22,25-27H,4-11,15-16,23-24H2,1-3H3,(H,36,37). The normalized spacial score (nSPS) is 11.9. The first kappa shape index (κ1) is 30.4. The molecule has 1 atom stereocenters. The molecule has 0 radical (unpaired) electrons. The zero-order valence-electron chi connectivity index (χ0n) is 24.1. The fourth-order valence-corrected chi connectivity index (χ4v) is 4.86. The molecule has 0 aliphatic carbocycles. The van der Waals surface area contributed by atoms with Gasteiger partial charge in [-0.3, -0.25) is 0 Å². The molecule has 0 spiro atoms. The van der Waals surface area contributed by atoms with E-state index in [1.165, 1.54) is 44.9 Å². The molecule has 39 heavy (non-hydrogen) atoms. The van der Waals surface area contributed by atoms with Crippen LogP contribution in [0.3, 0.4) is 0 Å². The molecule has 0 fully saturated rings. The van der Waals surface area contributed by atoms with Crippen LogP contribution >= 0.6 is 0 Å². The van der Waals surface area contributed by atoms with Gasteiger partial charge in [0.25, 0.3) is 0 Å². The molecule has 1 N–H and O–H groups in total. The summed E-state index contributed by atoms with van der Waals surface area (Å²) in [6.07, 6.45) is 11.7. The number of rotatable bonds is 18. The fourth-order valence-electron chi connectivity index (χ4n) is 4.86. The molecular weight excluding hydrogens is 484 g/mol. The van der Waals surface area contributed by atoms with Crippen LogP contribution < -0.4 is 4.74 Å².